The lowest BCUT2D eigenvalue weighted by Crippen LogP contribution is -2.77. The van der Waals surface area contributed by atoms with Gasteiger partial charge in [0.05, 0.1) is 24.2 Å². The molecule has 5 nitrogen and oxygen atoms in total. The van der Waals surface area contributed by atoms with Crippen LogP contribution in [0.25, 0.3) is 0 Å². The molecule has 2 N–H and O–H groups in total. The molecule has 0 radical (unpaired) electrons. The number of hydrogen-bond donors (Lipinski definition) is 2. The van der Waals surface area contributed by atoms with E-state index in [1.807, 2.05) is 12.1 Å². The van der Waals surface area contributed by atoms with Gasteiger partial charge in [-0.3, -0.25) is 4.90 Å². The van der Waals surface area contributed by atoms with Crippen molar-refractivity contribution < 1.29 is 19.7 Å². The molecular formula is C20H25NO4. The monoisotopic (exact) mass is 343 g/mol. The molecule has 1 saturated carbocycles. The lowest BCUT2D eigenvalue weighted by molar-refractivity contribution is -0.206. The van der Waals surface area contributed by atoms with E-state index in [2.05, 4.69) is 17.5 Å². The minimum atomic E-state index is -0.886. The first-order valence-electron chi connectivity index (χ1n) is 9.19. The first-order valence-corrected chi connectivity index (χ1v) is 9.19. The summed E-state index contributed by atoms with van der Waals surface area (Å²) in [6.07, 6.45) is 3.69. The Hall–Kier alpha value is -1.56. The van der Waals surface area contributed by atoms with E-state index in [4.69, 9.17) is 9.47 Å². The van der Waals surface area contributed by atoms with Gasteiger partial charge >= 0.3 is 0 Å². The molecule has 5 heteroatoms. The van der Waals surface area contributed by atoms with Crippen LogP contribution in [0.4, 0.5) is 0 Å². The van der Waals surface area contributed by atoms with Crippen LogP contribution in [0.15, 0.2) is 24.8 Å². The maximum Gasteiger partial charge on any atom is 0.166 e. The Kier molecular flexibility index (Phi) is 3.13. The zero-order valence-electron chi connectivity index (χ0n) is 14.6. The zero-order valence-corrected chi connectivity index (χ0v) is 14.6. The van der Waals surface area contributed by atoms with Crippen LogP contribution in [0, 0.1) is 0 Å². The molecule has 0 amide bonds. The highest BCUT2D eigenvalue weighted by molar-refractivity contribution is 5.62. The summed E-state index contributed by atoms with van der Waals surface area (Å²) in [7, 11) is 1.64. The number of nitrogens with zero attached hydrogens (tertiary/aromatic N) is 1. The molecule has 134 valence electrons. The third-order valence-electron chi connectivity index (χ3n) is 7.11. The number of likely N-dealkylation sites (tertiary alicyclic amines) is 1. The highest BCUT2D eigenvalue weighted by Crippen LogP contribution is 2.65. The number of aliphatic hydroxyl groups is 2. The molecule has 2 unspecified atom stereocenters. The number of aliphatic hydroxyl groups excluding tert-OH is 1. The normalized spacial score (nSPS) is 41.0. The molecule has 0 aromatic heterocycles. The average Bonchev–Trinajstić information content (AvgIpc) is 2.96. The van der Waals surface area contributed by atoms with Crippen molar-refractivity contribution in [2.75, 3.05) is 20.2 Å². The molecule has 5 rings (SSSR count). The molecule has 1 spiro atoms. The first kappa shape index (κ1) is 15.7. The molecule has 1 aromatic carbocycles. The quantitative estimate of drug-likeness (QED) is 0.813. The Bertz CT molecular complexity index is 749. The van der Waals surface area contributed by atoms with E-state index in [-0.39, 0.29) is 6.04 Å². The van der Waals surface area contributed by atoms with Gasteiger partial charge in [0.1, 0.15) is 6.10 Å². The molecule has 2 aliphatic carbocycles. The Morgan fingerprint density at radius 2 is 2.28 bits per heavy atom. The molecule has 2 bridgehead atoms. The van der Waals surface area contributed by atoms with Crippen LogP contribution in [0.5, 0.6) is 11.5 Å². The van der Waals surface area contributed by atoms with E-state index in [9.17, 15) is 10.2 Å². The smallest absolute Gasteiger partial charge is 0.166 e. The van der Waals surface area contributed by atoms with Crippen LogP contribution < -0.4 is 9.47 Å². The van der Waals surface area contributed by atoms with Gasteiger partial charge in [-0.25, -0.2) is 0 Å². The molecule has 5 atom stereocenters. The summed E-state index contributed by atoms with van der Waals surface area (Å²) in [4.78, 5) is 2.35. The average molecular weight is 343 g/mol. The van der Waals surface area contributed by atoms with Crippen molar-refractivity contribution in [3.63, 3.8) is 0 Å². The van der Waals surface area contributed by atoms with Crippen LogP contribution in [0.2, 0.25) is 0 Å². The summed E-state index contributed by atoms with van der Waals surface area (Å²) in [5.74, 6) is 1.43. The van der Waals surface area contributed by atoms with Crippen molar-refractivity contribution in [1.82, 2.24) is 4.90 Å². The predicted molar refractivity (Wildman–Crippen MR) is 93.2 cm³/mol. The van der Waals surface area contributed by atoms with Crippen molar-refractivity contribution in [2.45, 2.75) is 54.9 Å². The van der Waals surface area contributed by atoms with Gasteiger partial charge in [-0.2, -0.15) is 0 Å². The van der Waals surface area contributed by atoms with E-state index in [1.165, 1.54) is 5.56 Å². The number of piperidine rings is 1. The number of methoxy groups -OCH3 is 1. The number of benzene rings is 1. The van der Waals surface area contributed by atoms with Gasteiger partial charge in [0.25, 0.3) is 0 Å². The topological polar surface area (TPSA) is 62.2 Å². The lowest BCUT2D eigenvalue weighted by atomic mass is 9.48. The third-order valence-corrected chi connectivity index (χ3v) is 7.11. The third kappa shape index (κ3) is 1.65. The Morgan fingerprint density at radius 3 is 3.04 bits per heavy atom. The van der Waals surface area contributed by atoms with Crippen molar-refractivity contribution in [1.29, 1.82) is 0 Å². The molecule has 2 aliphatic heterocycles. The minimum absolute atomic E-state index is 0.0321. The highest BCUT2D eigenvalue weighted by atomic mass is 16.5. The maximum absolute atomic E-state index is 12.0. The number of rotatable bonds is 3. The second kappa shape index (κ2) is 5.00. The van der Waals surface area contributed by atoms with E-state index in [1.54, 1.807) is 7.11 Å². The minimum Gasteiger partial charge on any atom is -0.493 e. The van der Waals surface area contributed by atoms with E-state index >= 15 is 0 Å². The fraction of sp³-hybridized carbons (Fsp3) is 0.600. The molecule has 2 heterocycles. The van der Waals surface area contributed by atoms with Gasteiger partial charge in [-0.15, -0.1) is 6.58 Å². The second-order valence-corrected chi connectivity index (χ2v) is 7.92. The summed E-state index contributed by atoms with van der Waals surface area (Å²) in [5, 5.41) is 22.7. The number of hydrogen-bond acceptors (Lipinski definition) is 5. The first-order chi connectivity index (χ1) is 12.1. The molecular weight excluding hydrogens is 318 g/mol. The van der Waals surface area contributed by atoms with Crippen LogP contribution in [-0.2, 0) is 11.8 Å². The summed E-state index contributed by atoms with van der Waals surface area (Å²) in [6, 6.07) is 4.09. The van der Waals surface area contributed by atoms with Crippen LogP contribution in [0.3, 0.4) is 0 Å². The van der Waals surface area contributed by atoms with Gasteiger partial charge < -0.3 is 19.7 Å². The zero-order chi connectivity index (χ0) is 17.4. The van der Waals surface area contributed by atoms with Crippen molar-refractivity contribution >= 4 is 0 Å². The Balaban J connectivity index is 1.77. The van der Waals surface area contributed by atoms with E-state index < -0.39 is 23.2 Å². The molecule has 1 saturated heterocycles. The number of ether oxygens (including phenoxy) is 2. The summed E-state index contributed by atoms with van der Waals surface area (Å²) >= 11 is 0. The molecule has 4 aliphatic rings. The van der Waals surface area contributed by atoms with Gasteiger partial charge in [-0.1, -0.05) is 12.1 Å². The van der Waals surface area contributed by atoms with E-state index in [0.29, 0.717) is 18.6 Å². The Labute approximate surface area is 147 Å². The van der Waals surface area contributed by atoms with Crippen LogP contribution >= 0.6 is 0 Å². The fourth-order valence-electron chi connectivity index (χ4n) is 6.14. The van der Waals surface area contributed by atoms with Crippen molar-refractivity contribution in [2.24, 2.45) is 0 Å². The van der Waals surface area contributed by atoms with Gasteiger partial charge in [0.15, 0.2) is 11.5 Å². The van der Waals surface area contributed by atoms with E-state index in [0.717, 1.165) is 37.2 Å². The lowest BCUT2D eigenvalue weighted by Gasteiger charge is -2.63. The van der Waals surface area contributed by atoms with Gasteiger partial charge in [0.2, 0.25) is 0 Å². The second-order valence-electron chi connectivity index (χ2n) is 7.92. The van der Waals surface area contributed by atoms with Crippen LogP contribution in [0.1, 0.15) is 30.4 Å². The largest absolute Gasteiger partial charge is 0.493 e. The summed E-state index contributed by atoms with van der Waals surface area (Å²) < 4.78 is 11.8. The van der Waals surface area contributed by atoms with Gasteiger partial charge in [-0.05, 0) is 43.9 Å². The standard InChI is InChI=1S/C20H25NO4/c1-3-9-21-10-8-19-16-12-4-5-14(24-2)17(16)25-18(19)13(22)6-7-20(19,23)15(21)11-12/h3-5,13,15,18,22-23H,1,6-11H2,2H3/t13-,15?,18?,19-,20+/m1/s1. The highest BCUT2D eigenvalue weighted by Gasteiger charge is 2.72. The maximum atomic E-state index is 12.0. The Morgan fingerprint density at radius 1 is 1.44 bits per heavy atom. The van der Waals surface area contributed by atoms with Crippen molar-refractivity contribution in [3.05, 3.63) is 35.9 Å². The summed E-state index contributed by atoms with van der Waals surface area (Å²) in [5.41, 5.74) is 0.885. The SMILES string of the molecule is C=CCN1CC[C@@]23c4c5ccc(OC)c4OC2[C@H](O)CC[C@]3(O)C1C5. The molecule has 1 aromatic rings. The molecule has 2 fully saturated rings. The predicted octanol–water partition coefficient (Wildman–Crippen LogP) is 1.40. The summed E-state index contributed by atoms with van der Waals surface area (Å²) in [6.45, 7) is 5.54. The van der Waals surface area contributed by atoms with Crippen molar-refractivity contribution in [3.8, 4) is 11.5 Å². The molecule has 25 heavy (non-hydrogen) atoms. The van der Waals surface area contributed by atoms with Crippen LogP contribution in [-0.4, -0.2) is 59.2 Å². The van der Waals surface area contributed by atoms with Gasteiger partial charge in [0, 0.05) is 18.2 Å². The fourth-order valence-corrected chi connectivity index (χ4v) is 6.14.